The van der Waals surface area contributed by atoms with E-state index < -0.39 is 5.82 Å². The van der Waals surface area contributed by atoms with E-state index in [4.69, 9.17) is 14.2 Å². The molecule has 0 spiro atoms. The molecule has 6 aromatic rings. The number of aromatic nitrogens is 3. The molecule has 9 nitrogen and oxygen atoms in total. The second-order valence-electron chi connectivity index (χ2n) is 11.0. The lowest BCUT2D eigenvalue weighted by Crippen LogP contribution is -2.37. The average molecular weight is 618 g/mol. The number of fused-ring (bicyclic) bond motifs is 2. The third-order valence-electron chi connectivity index (χ3n) is 7.96. The highest BCUT2D eigenvalue weighted by Crippen LogP contribution is 2.34. The van der Waals surface area contributed by atoms with Gasteiger partial charge in [-0.2, -0.15) is 0 Å². The van der Waals surface area contributed by atoms with Gasteiger partial charge >= 0.3 is 0 Å². The summed E-state index contributed by atoms with van der Waals surface area (Å²) < 4.78 is 32.8. The fraction of sp³-hybridized carbons (Fsp3) is 0.194. The normalized spacial score (nSPS) is 13.6. The van der Waals surface area contributed by atoms with Crippen LogP contribution in [0.15, 0.2) is 102 Å². The SMILES string of the molecule is O=c1c(-c2ccccc2)c[nH]c2ccnc(Nc3ccc(Oc4ccnc5cc(OCCCN6CCOCC6)ccc45)c(F)c3)c12. The number of nitrogens with one attached hydrogen (secondary N) is 2. The van der Waals surface area contributed by atoms with Gasteiger partial charge in [-0.05, 0) is 48.4 Å². The number of rotatable bonds is 10. The summed E-state index contributed by atoms with van der Waals surface area (Å²) in [5, 5.41) is 4.23. The van der Waals surface area contributed by atoms with Crippen molar-refractivity contribution < 1.29 is 18.6 Å². The van der Waals surface area contributed by atoms with E-state index in [1.54, 1.807) is 42.9 Å². The zero-order valence-electron chi connectivity index (χ0n) is 25.0. The Morgan fingerprint density at radius 1 is 0.935 bits per heavy atom. The minimum Gasteiger partial charge on any atom is -0.493 e. The van der Waals surface area contributed by atoms with Gasteiger partial charge in [0.2, 0.25) is 5.43 Å². The molecule has 1 fully saturated rings. The van der Waals surface area contributed by atoms with E-state index >= 15 is 4.39 Å². The highest BCUT2D eigenvalue weighted by atomic mass is 19.1. The second-order valence-corrected chi connectivity index (χ2v) is 11.0. The van der Waals surface area contributed by atoms with Crippen LogP contribution in [0, 0.1) is 5.82 Å². The molecule has 46 heavy (non-hydrogen) atoms. The Balaban J connectivity index is 1.06. The highest BCUT2D eigenvalue weighted by molar-refractivity contribution is 5.93. The molecular formula is C36H32FN5O4. The van der Waals surface area contributed by atoms with Gasteiger partial charge in [0.25, 0.3) is 0 Å². The maximum absolute atomic E-state index is 15.4. The molecule has 3 aromatic heterocycles. The molecule has 0 amide bonds. The van der Waals surface area contributed by atoms with E-state index in [1.165, 1.54) is 6.07 Å². The lowest BCUT2D eigenvalue weighted by atomic mass is 10.1. The molecule has 1 aliphatic heterocycles. The lowest BCUT2D eigenvalue weighted by molar-refractivity contribution is 0.0358. The molecule has 1 aliphatic rings. The fourth-order valence-corrected chi connectivity index (χ4v) is 5.59. The Bertz CT molecular complexity index is 2050. The van der Waals surface area contributed by atoms with Crippen molar-refractivity contribution in [3.63, 3.8) is 0 Å². The minimum absolute atomic E-state index is 0.0524. The Hall–Kier alpha value is -5.32. The Morgan fingerprint density at radius 2 is 1.78 bits per heavy atom. The van der Waals surface area contributed by atoms with Crippen molar-refractivity contribution in [2.75, 3.05) is 44.8 Å². The molecule has 7 rings (SSSR count). The average Bonchev–Trinajstić information content (AvgIpc) is 3.09. The van der Waals surface area contributed by atoms with Crippen LogP contribution in [0.2, 0.25) is 0 Å². The summed E-state index contributed by atoms with van der Waals surface area (Å²) in [6, 6.07) is 23.0. The predicted octanol–water partition coefficient (Wildman–Crippen LogP) is 6.91. The molecule has 10 heteroatoms. The number of H-pyrrole nitrogens is 1. The summed E-state index contributed by atoms with van der Waals surface area (Å²) in [7, 11) is 0. The zero-order valence-corrected chi connectivity index (χ0v) is 25.0. The second kappa shape index (κ2) is 13.4. The quantitative estimate of drug-likeness (QED) is 0.160. The number of anilines is 2. The third-order valence-corrected chi connectivity index (χ3v) is 7.96. The summed E-state index contributed by atoms with van der Waals surface area (Å²) in [6.45, 7) is 5.06. The van der Waals surface area contributed by atoms with Gasteiger partial charge in [-0.15, -0.1) is 0 Å². The van der Waals surface area contributed by atoms with Gasteiger partial charge in [-0.25, -0.2) is 9.37 Å². The number of hydrogen-bond donors (Lipinski definition) is 2. The molecule has 0 aliphatic carbocycles. The van der Waals surface area contributed by atoms with Crippen molar-refractivity contribution >= 4 is 33.3 Å². The van der Waals surface area contributed by atoms with Crippen LogP contribution in [-0.4, -0.2) is 59.3 Å². The van der Waals surface area contributed by atoms with Gasteiger partial charge in [0, 0.05) is 67.0 Å². The summed E-state index contributed by atoms with van der Waals surface area (Å²) >= 11 is 0. The van der Waals surface area contributed by atoms with E-state index in [0.29, 0.717) is 45.8 Å². The number of ether oxygens (including phenoxy) is 3. The fourth-order valence-electron chi connectivity index (χ4n) is 5.59. The largest absolute Gasteiger partial charge is 0.493 e. The van der Waals surface area contributed by atoms with Crippen molar-refractivity contribution in [1.82, 2.24) is 19.9 Å². The standard InChI is InChI=1S/C36H32FN5O4/c37-29-21-25(41-36-34-30(11-13-39-36)40-23-28(35(34)43)24-5-2-1-3-6-24)7-10-33(29)46-32-12-14-38-31-22-26(8-9-27(31)32)45-18-4-15-42-16-19-44-20-17-42/h1-3,5-14,21-23H,4,15-20H2,(H,39,41)(H,40,43). The van der Waals surface area contributed by atoms with Gasteiger partial charge in [-0.3, -0.25) is 14.7 Å². The van der Waals surface area contributed by atoms with E-state index in [2.05, 4.69) is 25.2 Å². The van der Waals surface area contributed by atoms with Crippen LogP contribution in [-0.2, 0) is 4.74 Å². The first-order valence-corrected chi connectivity index (χ1v) is 15.2. The van der Waals surface area contributed by atoms with Crippen molar-refractivity contribution in [2.24, 2.45) is 0 Å². The molecule has 4 heterocycles. The number of benzene rings is 3. The van der Waals surface area contributed by atoms with E-state index in [9.17, 15) is 4.79 Å². The number of halogens is 1. The highest BCUT2D eigenvalue weighted by Gasteiger charge is 2.15. The van der Waals surface area contributed by atoms with E-state index in [-0.39, 0.29) is 11.2 Å². The first-order valence-electron chi connectivity index (χ1n) is 15.2. The zero-order chi connectivity index (χ0) is 31.3. The summed E-state index contributed by atoms with van der Waals surface area (Å²) in [6.07, 6.45) is 5.83. The van der Waals surface area contributed by atoms with Crippen LogP contribution in [0.5, 0.6) is 17.2 Å². The molecule has 232 valence electrons. The summed E-state index contributed by atoms with van der Waals surface area (Å²) in [5.41, 5.74) is 2.86. The molecule has 0 unspecified atom stereocenters. The van der Waals surface area contributed by atoms with Crippen LogP contribution >= 0.6 is 0 Å². The van der Waals surface area contributed by atoms with Crippen LogP contribution in [0.1, 0.15) is 6.42 Å². The maximum atomic E-state index is 15.4. The first kappa shape index (κ1) is 29.4. The van der Waals surface area contributed by atoms with Crippen LogP contribution < -0.4 is 20.2 Å². The number of aromatic amines is 1. The topological polar surface area (TPSA) is 102 Å². The molecule has 3 aromatic carbocycles. The monoisotopic (exact) mass is 617 g/mol. The van der Waals surface area contributed by atoms with Crippen molar-refractivity contribution in [3.8, 4) is 28.4 Å². The molecular weight excluding hydrogens is 585 g/mol. The van der Waals surface area contributed by atoms with Gasteiger partial charge in [-0.1, -0.05) is 30.3 Å². The molecule has 0 saturated carbocycles. The van der Waals surface area contributed by atoms with Gasteiger partial charge < -0.3 is 24.5 Å². The van der Waals surface area contributed by atoms with E-state index in [1.807, 2.05) is 48.5 Å². The molecule has 2 N–H and O–H groups in total. The molecule has 0 radical (unpaired) electrons. The first-order chi connectivity index (χ1) is 22.6. The van der Waals surface area contributed by atoms with Gasteiger partial charge in [0.1, 0.15) is 17.3 Å². The van der Waals surface area contributed by atoms with Crippen molar-refractivity contribution in [3.05, 3.63) is 113 Å². The maximum Gasteiger partial charge on any atom is 0.200 e. The Labute approximate surface area is 264 Å². The third kappa shape index (κ3) is 6.39. The number of hydrogen-bond acceptors (Lipinski definition) is 8. The number of pyridine rings is 3. The molecule has 0 bridgehead atoms. The van der Waals surface area contributed by atoms with Gasteiger partial charge in [0.15, 0.2) is 11.6 Å². The Morgan fingerprint density at radius 3 is 2.63 bits per heavy atom. The van der Waals surface area contributed by atoms with Crippen LogP contribution in [0.3, 0.4) is 0 Å². The lowest BCUT2D eigenvalue weighted by Gasteiger charge is -2.26. The summed E-state index contributed by atoms with van der Waals surface area (Å²) in [5.74, 6) is 0.992. The van der Waals surface area contributed by atoms with Crippen molar-refractivity contribution in [1.29, 1.82) is 0 Å². The number of nitrogens with zero attached hydrogens (tertiary/aromatic N) is 3. The minimum atomic E-state index is -0.575. The van der Waals surface area contributed by atoms with Crippen molar-refractivity contribution in [2.45, 2.75) is 6.42 Å². The molecule has 1 saturated heterocycles. The van der Waals surface area contributed by atoms with Gasteiger partial charge in [0.05, 0.1) is 36.2 Å². The van der Waals surface area contributed by atoms with E-state index in [0.717, 1.165) is 56.0 Å². The predicted molar refractivity (Wildman–Crippen MR) is 177 cm³/mol. The molecule has 0 atom stereocenters. The number of morpholine rings is 1. The smallest absolute Gasteiger partial charge is 0.200 e. The Kier molecular flexibility index (Phi) is 8.53. The van der Waals surface area contributed by atoms with Crippen LogP contribution in [0.4, 0.5) is 15.9 Å². The summed E-state index contributed by atoms with van der Waals surface area (Å²) in [4.78, 5) is 27.9. The van der Waals surface area contributed by atoms with Crippen LogP contribution in [0.25, 0.3) is 32.9 Å².